The minimum Gasteiger partial charge on any atom is -0.490 e. The maximum Gasteiger partial charge on any atom is 0.200 e. The third-order valence-corrected chi connectivity index (χ3v) is 2.51. The van der Waals surface area contributed by atoms with Crippen LogP contribution in [0.1, 0.15) is 5.56 Å². The SMILES string of the molecule is N#Cc1ccc(OCCOc2cccc(F)c2F)cc1. The molecule has 2 rings (SSSR count). The number of nitrogens with zero attached hydrogens (tertiary/aromatic N) is 1. The molecule has 20 heavy (non-hydrogen) atoms. The summed E-state index contributed by atoms with van der Waals surface area (Å²) < 4.78 is 36.6. The van der Waals surface area contributed by atoms with Gasteiger partial charge >= 0.3 is 0 Å². The van der Waals surface area contributed by atoms with Crippen molar-refractivity contribution in [3.05, 3.63) is 59.7 Å². The van der Waals surface area contributed by atoms with Crippen LogP contribution in [-0.2, 0) is 0 Å². The molecular weight excluding hydrogens is 264 g/mol. The molecule has 0 aliphatic carbocycles. The second-order valence-corrected chi connectivity index (χ2v) is 3.89. The predicted molar refractivity (Wildman–Crippen MR) is 68.5 cm³/mol. The first-order valence-corrected chi connectivity index (χ1v) is 5.90. The second kappa shape index (κ2) is 6.53. The van der Waals surface area contributed by atoms with Gasteiger partial charge in [-0.25, -0.2) is 4.39 Å². The maximum atomic E-state index is 13.3. The van der Waals surface area contributed by atoms with Crippen LogP contribution >= 0.6 is 0 Å². The van der Waals surface area contributed by atoms with Crippen LogP contribution in [-0.4, -0.2) is 13.2 Å². The summed E-state index contributed by atoms with van der Waals surface area (Å²) in [5, 5.41) is 8.64. The number of rotatable bonds is 5. The molecular formula is C15H11F2NO2. The van der Waals surface area contributed by atoms with Gasteiger partial charge in [-0.3, -0.25) is 0 Å². The van der Waals surface area contributed by atoms with Gasteiger partial charge in [0.25, 0.3) is 0 Å². The van der Waals surface area contributed by atoms with Crippen molar-refractivity contribution < 1.29 is 18.3 Å². The first-order chi connectivity index (χ1) is 9.70. The van der Waals surface area contributed by atoms with Gasteiger partial charge in [-0.1, -0.05) is 6.07 Å². The summed E-state index contributed by atoms with van der Waals surface area (Å²) in [6.07, 6.45) is 0. The van der Waals surface area contributed by atoms with Crippen LogP contribution in [0.2, 0.25) is 0 Å². The predicted octanol–water partition coefficient (Wildman–Crippen LogP) is 3.29. The van der Waals surface area contributed by atoms with Crippen LogP contribution in [0.4, 0.5) is 8.78 Å². The number of nitriles is 1. The van der Waals surface area contributed by atoms with E-state index in [0.717, 1.165) is 6.07 Å². The zero-order valence-electron chi connectivity index (χ0n) is 10.5. The van der Waals surface area contributed by atoms with Gasteiger partial charge in [0.15, 0.2) is 11.6 Å². The number of halogens is 2. The minimum absolute atomic E-state index is 0.0837. The van der Waals surface area contributed by atoms with E-state index in [9.17, 15) is 8.78 Å². The largest absolute Gasteiger partial charge is 0.490 e. The Balaban J connectivity index is 1.81. The van der Waals surface area contributed by atoms with Gasteiger partial charge in [0.2, 0.25) is 5.82 Å². The molecule has 0 unspecified atom stereocenters. The van der Waals surface area contributed by atoms with Crippen molar-refractivity contribution in [2.45, 2.75) is 0 Å². The fourth-order valence-electron chi connectivity index (χ4n) is 1.53. The zero-order chi connectivity index (χ0) is 14.4. The van der Waals surface area contributed by atoms with E-state index in [0.29, 0.717) is 11.3 Å². The van der Waals surface area contributed by atoms with E-state index in [-0.39, 0.29) is 19.0 Å². The van der Waals surface area contributed by atoms with E-state index >= 15 is 0 Å². The lowest BCUT2D eigenvalue weighted by atomic mass is 10.2. The summed E-state index contributed by atoms with van der Waals surface area (Å²) in [5.41, 5.74) is 0.537. The molecule has 0 saturated heterocycles. The lowest BCUT2D eigenvalue weighted by Crippen LogP contribution is -2.10. The molecule has 102 valence electrons. The molecule has 0 atom stereocenters. The molecule has 0 bridgehead atoms. The maximum absolute atomic E-state index is 13.3. The van der Waals surface area contributed by atoms with Crippen LogP contribution in [0.15, 0.2) is 42.5 Å². The van der Waals surface area contributed by atoms with Gasteiger partial charge in [0.1, 0.15) is 19.0 Å². The number of ether oxygens (including phenoxy) is 2. The molecule has 0 heterocycles. The Morgan fingerprint density at radius 1 is 0.950 bits per heavy atom. The van der Waals surface area contributed by atoms with Crippen molar-refractivity contribution in [1.82, 2.24) is 0 Å². The van der Waals surface area contributed by atoms with E-state index in [1.165, 1.54) is 12.1 Å². The third-order valence-electron chi connectivity index (χ3n) is 2.51. The third kappa shape index (κ3) is 3.45. The fourth-order valence-corrected chi connectivity index (χ4v) is 1.53. The highest BCUT2D eigenvalue weighted by atomic mass is 19.2. The number of benzene rings is 2. The monoisotopic (exact) mass is 275 g/mol. The molecule has 0 aliphatic rings. The normalized spacial score (nSPS) is 9.85. The molecule has 2 aromatic rings. The van der Waals surface area contributed by atoms with Gasteiger partial charge in [-0.15, -0.1) is 0 Å². The van der Waals surface area contributed by atoms with E-state index in [1.54, 1.807) is 24.3 Å². The summed E-state index contributed by atoms with van der Waals surface area (Å²) in [7, 11) is 0. The van der Waals surface area contributed by atoms with Gasteiger partial charge in [-0.2, -0.15) is 9.65 Å². The summed E-state index contributed by atoms with van der Waals surface area (Å²) in [6.45, 7) is 0.266. The highest BCUT2D eigenvalue weighted by Gasteiger charge is 2.08. The smallest absolute Gasteiger partial charge is 0.200 e. The van der Waals surface area contributed by atoms with Crippen LogP contribution in [0.5, 0.6) is 11.5 Å². The highest BCUT2D eigenvalue weighted by Crippen LogP contribution is 2.19. The van der Waals surface area contributed by atoms with Crippen molar-refractivity contribution in [3.63, 3.8) is 0 Å². The van der Waals surface area contributed by atoms with Crippen LogP contribution in [0, 0.1) is 23.0 Å². The Morgan fingerprint density at radius 3 is 2.35 bits per heavy atom. The molecule has 0 saturated carbocycles. The van der Waals surface area contributed by atoms with Crippen LogP contribution in [0.3, 0.4) is 0 Å². The Bertz CT molecular complexity index is 621. The van der Waals surface area contributed by atoms with Gasteiger partial charge in [0, 0.05) is 0 Å². The van der Waals surface area contributed by atoms with Crippen molar-refractivity contribution >= 4 is 0 Å². The van der Waals surface area contributed by atoms with Crippen LogP contribution in [0.25, 0.3) is 0 Å². The number of hydrogen-bond acceptors (Lipinski definition) is 3. The van der Waals surface area contributed by atoms with E-state index < -0.39 is 11.6 Å². The van der Waals surface area contributed by atoms with E-state index in [2.05, 4.69) is 0 Å². The van der Waals surface area contributed by atoms with Crippen molar-refractivity contribution in [3.8, 4) is 17.6 Å². The first kappa shape index (κ1) is 13.8. The Labute approximate surface area is 115 Å². The Hall–Kier alpha value is -2.61. The molecule has 0 N–H and O–H groups in total. The summed E-state index contributed by atoms with van der Waals surface area (Å²) in [6, 6.07) is 12.3. The molecule has 0 radical (unpaired) electrons. The molecule has 0 aliphatic heterocycles. The second-order valence-electron chi connectivity index (χ2n) is 3.89. The molecule has 5 heteroatoms. The van der Waals surface area contributed by atoms with Gasteiger partial charge in [-0.05, 0) is 36.4 Å². The molecule has 0 fully saturated rings. The first-order valence-electron chi connectivity index (χ1n) is 5.90. The van der Waals surface area contributed by atoms with Crippen LogP contribution < -0.4 is 9.47 Å². The standard InChI is InChI=1S/C15H11F2NO2/c16-13-2-1-3-14(15(13)17)20-9-8-19-12-6-4-11(10-18)5-7-12/h1-7H,8-9H2. The fraction of sp³-hybridized carbons (Fsp3) is 0.133. The molecule has 0 aromatic heterocycles. The van der Waals surface area contributed by atoms with Gasteiger partial charge < -0.3 is 9.47 Å². The van der Waals surface area contributed by atoms with E-state index in [1.807, 2.05) is 6.07 Å². The van der Waals surface area contributed by atoms with Crippen molar-refractivity contribution in [1.29, 1.82) is 5.26 Å². The Kier molecular flexibility index (Phi) is 4.51. The minimum atomic E-state index is -1.01. The van der Waals surface area contributed by atoms with Crippen molar-refractivity contribution in [2.75, 3.05) is 13.2 Å². The molecule has 0 amide bonds. The topological polar surface area (TPSA) is 42.2 Å². The molecule has 2 aromatic carbocycles. The number of hydrogen-bond donors (Lipinski definition) is 0. The molecule has 0 spiro atoms. The average Bonchev–Trinajstić information content (AvgIpc) is 2.48. The lowest BCUT2D eigenvalue weighted by Gasteiger charge is -2.09. The summed E-state index contributed by atoms with van der Waals surface area (Å²) in [4.78, 5) is 0. The quantitative estimate of drug-likeness (QED) is 0.786. The average molecular weight is 275 g/mol. The Morgan fingerprint density at radius 2 is 1.65 bits per heavy atom. The lowest BCUT2D eigenvalue weighted by molar-refractivity contribution is 0.210. The summed E-state index contributed by atoms with van der Waals surface area (Å²) in [5.74, 6) is -1.53. The van der Waals surface area contributed by atoms with E-state index in [4.69, 9.17) is 14.7 Å². The van der Waals surface area contributed by atoms with Gasteiger partial charge in [0.05, 0.1) is 11.6 Å². The zero-order valence-corrected chi connectivity index (χ0v) is 10.5. The summed E-state index contributed by atoms with van der Waals surface area (Å²) >= 11 is 0. The van der Waals surface area contributed by atoms with Crippen molar-refractivity contribution in [2.24, 2.45) is 0 Å². The molecule has 3 nitrogen and oxygen atoms in total. The highest BCUT2D eigenvalue weighted by molar-refractivity contribution is 5.34.